The minimum absolute atomic E-state index is 0.373. The molecule has 0 aliphatic rings. The van der Waals surface area contributed by atoms with E-state index in [9.17, 15) is 9.59 Å². The first kappa shape index (κ1) is 9.54. The minimum Gasteiger partial charge on any atom is -0.277 e. The molecule has 0 bridgehead atoms. The smallest absolute Gasteiger partial charge is 0.231 e. The number of hydrogen-bond acceptors (Lipinski definition) is 4. The van der Waals surface area contributed by atoms with Gasteiger partial charge >= 0.3 is 0 Å². The quantitative estimate of drug-likeness (QED) is 0.332. The van der Waals surface area contributed by atoms with Gasteiger partial charge in [-0.3, -0.25) is 9.59 Å². The number of nitrogens with one attached hydrogen (secondary N) is 1. The second-order valence-corrected chi connectivity index (χ2v) is 1.70. The highest BCUT2D eigenvalue weighted by Gasteiger charge is 1.93. The molecule has 6 heteroatoms. The molecule has 62 valence electrons. The van der Waals surface area contributed by atoms with E-state index in [1.807, 2.05) is 12.3 Å². The van der Waals surface area contributed by atoms with Gasteiger partial charge < -0.3 is 0 Å². The summed E-state index contributed by atoms with van der Waals surface area (Å²) in [5.41, 5.74) is 1.95. The fourth-order valence-corrected chi connectivity index (χ4v) is 0.454. The highest BCUT2D eigenvalue weighted by atomic mass is 16.2. The third-order valence-electron chi connectivity index (χ3n) is 0.844. The lowest BCUT2D eigenvalue weighted by atomic mass is 10.5. The van der Waals surface area contributed by atoms with Gasteiger partial charge in [-0.2, -0.15) is 0 Å². The Morgan fingerprint density at radius 2 is 2.27 bits per heavy atom. The van der Waals surface area contributed by atoms with E-state index in [0.29, 0.717) is 19.4 Å². The van der Waals surface area contributed by atoms with Gasteiger partial charge in [0.15, 0.2) is 0 Å². The number of rotatable bonds is 6. The van der Waals surface area contributed by atoms with Crippen LogP contribution in [0.3, 0.4) is 0 Å². The Labute approximate surface area is 64.2 Å². The summed E-state index contributed by atoms with van der Waals surface area (Å²) in [6, 6.07) is 0. The molecule has 0 rings (SSSR count). The Bertz CT molecular complexity index is 147. The van der Waals surface area contributed by atoms with Crippen molar-refractivity contribution in [3.05, 3.63) is 0 Å². The molecule has 0 heterocycles. The zero-order valence-electron chi connectivity index (χ0n) is 6.23. The lowest BCUT2D eigenvalue weighted by molar-refractivity contribution is -0.119. The summed E-state index contributed by atoms with van der Waals surface area (Å²) in [7, 11) is 0. The van der Waals surface area contributed by atoms with Crippen molar-refractivity contribution in [1.29, 1.82) is 0 Å². The largest absolute Gasteiger partial charge is 0.277 e. The van der Waals surface area contributed by atoms with Gasteiger partial charge in [0.25, 0.3) is 0 Å². The molecule has 6 nitrogen and oxygen atoms in total. The highest BCUT2D eigenvalue weighted by Crippen LogP contribution is 1.86. The fourth-order valence-electron chi connectivity index (χ4n) is 0.454. The third-order valence-corrected chi connectivity index (χ3v) is 0.844. The van der Waals surface area contributed by atoms with Gasteiger partial charge in [-0.05, 0) is 16.9 Å². The second-order valence-electron chi connectivity index (χ2n) is 1.70. The van der Waals surface area contributed by atoms with Gasteiger partial charge in [0, 0.05) is 6.54 Å². The zero-order valence-corrected chi connectivity index (χ0v) is 6.23. The molecule has 0 aromatic rings. The van der Waals surface area contributed by atoms with Crippen LogP contribution in [0.4, 0.5) is 0 Å². The van der Waals surface area contributed by atoms with Crippen molar-refractivity contribution in [3.63, 3.8) is 0 Å². The summed E-state index contributed by atoms with van der Waals surface area (Å²) in [6.07, 6.45) is 1.71. The minimum atomic E-state index is 0.373. The van der Waals surface area contributed by atoms with Crippen LogP contribution in [0.25, 0.3) is 0 Å². The number of carbonyl (C=O) groups excluding carboxylic acids is 2. The summed E-state index contributed by atoms with van der Waals surface area (Å²) in [5.74, 6) is 0. The van der Waals surface area contributed by atoms with E-state index in [-0.39, 0.29) is 0 Å². The molecule has 11 heavy (non-hydrogen) atoms. The lowest BCUT2D eigenvalue weighted by Crippen LogP contribution is -2.16. The van der Waals surface area contributed by atoms with Gasteiger partial charge in [0.1, 0.15) is 0 Å². The number of carbonyl (C=O) groups is 2. The molecule has 0 spiro atoms. The number of hydrogen-bond donors (Lipinski definition) is 1. The van der Waals surface area contributed by atoms with Crippen molar-refractivity contribution in [2.24, 2.45) is 10.4 Å². The molecule has 0 atom stereocenters. The molecular formula is C5H10N4O2. The second kappa shape index (κ2) is 6.66. The van der Waals surface area contributed by atoms with Crippen LogP contribution in [-0.2, 0) is 9.59 Å². The lowest BCUT2D eigenvalue weighted by Gasteiger charge is -2.04. The summed E-state index contributed by atoms with van der Waals surface area (Å²) >= 11 is 0. The first-order chi connectivity index (χ1) is 5.35. The van der Waals surface area contributed by atoms with Crippen LogP contribution in [0.1, 0.15) is 13.3 Å². The molecule has 0 aliphatic heterocycles. The first-order valence-corrected chi connectivity index (χ1v) is 3.17. The molecule has 0 saturated heterocycles. The Kier molecular flexibility index (Phi) is 5.77. The van der Waals surface area contributed by atoms with Gasteiger partial charge in [-0.15, -0.1) is 0 Å². The molecule has 0 fully saturated rings. The third kappa shape index (κ3) is 5.01. The molecule has 0 saturated carbocycles. The Balaban J connectivity index is 3.65. The molecule has 0 aromatic carbocycles. The molecule has 0 aliphatic carbocycles. The Morgan fingerprint density at radius 1 is 1.55 bits per heavy atom. The summed E-state index contributed by atoms with van der Waals surface area (Å²) < 4.78 is 0. The summed E-state index contributed by atoms with van der Waals surface area (Å²) in [4.78, 5) is 19.8. The number of nitrogens with zero attached hydrogens (tertiary/aromatic N) is 3. The van der Waals surface area contributed by atoms with Crippen LogP contribution < -0.4 is 5.43 Å². The highest BCUT2D eigenvalue weighted by molar-refractivity contribution is 5.46. The summed E-state index contributed by atoms with van der Waals surface area (Å²) in [5, 5.41) is 7.64. The molecule has 1 N–H and O–H groups in total. The predicted molar refractivity (Wildman–Crippen MR) is 37.1 cm³/mol. The van der Waals surface area contributed by atoms with Crippen LogP contribution >= 0.6 is 0 Å². The van der Waals surface area contributed by atoms with E-state index in [0.717, 1.165) is 11.4 Å². The molecule has 0 aromatic heterocycles. The predicted octanol–water partition coefficient (Wildman–Crippen LogP) is -0.117. The van der Waals surface area contributed by atoms with Crippen LogP contribution in [-0.4, -0.2) is 24.4 Å². The first-order valence-electron chi connectivity index (χ1n) is 3.17. The molecule has 0 unspecified atom stereocenters. The van der Waals surface area contributed by atoms with Gasteiger partial charge in [-0.1, -0.05) is 6.92 Å². The normalized spacial score (nSPS) is 9.55. The van der Waals surface area contributed by atoms with Crippen molar-refractivity contribution in [1.82, 2.24) is 10.4 Å². The maximum Gasteiger partial charge on any atom is 0.231 e. The zero-order chi connectivity index (χ0) is 8.53. The van der Waals surface area contributed by atoms with Gasteiger partial charge in [0.2, 0.25) is 12.8 Å². The van der Waals surface area contributed by atoms with Crippen LogP contribution in [0.5, 0.6) is 0 Å². The van der Waals surface area contributed by atoms with Crippen molar-refractivity contribution < 1.29 is 9.59 Å². The van der Waals surface area contributed by atoms with E-state index in [2.05, 4.69) is 10.4 Å². The monoisotopic (exact) mass is 158 g/mol. The average molecular weight is 158 g/mol. The average Bonchev–Trinajstić information content (AvgIpc) is 2.03. The van der Waals surface area contributed by atoms with Crippen LogP contribution in [0.2, 0.25) is 0 Å². The van der Waals surface area contributed by atoms with E-state index < -0.39 is 0 Å². The summed E-state index contributed by atoms with van der Waals surface area (Å²) in [6.45, 7) is 2.40. The Morgan fingerprint density at radius 3 is 2.73 bits per heavy atom. The maximum absolute atomic E-state index is 10.1. The molecule has 0 radical (unpaired) electrons. The molecular weight excluding hydrogens is 148 g/mol. The van der Waals surface area contributed by atoms with Crippen molar-refractivity contribution in [3.8, 4) is 0 Å². The topological polar surface area (TPSA) is 74.1 Å². The maximum atomic E-state index is 10.1. The standard InChI is InChI=1S/C5H10N4O2/c1-2-3-9(5-11)8-7-6-4-10/h4-5H,2-3H2,1H3,(H,6,8,10). The number of amides is 2. The van der Waals surface area contributed by atoms with E-state index >= 15 is 0 Å². The van der Waals surface area contributed by atoms with Crippen LogP contribution in [0.15, 0.2) is 10.4 Å². The van der Waals surface area contributed by atoms with Crippen molar-refractivity contribution in [2.75, 3.05) is 6.54 Å². The molecule has 2 amide bonds. The Hall–Kier alpha value is -1.46. The SMILES string of the molecule is CCCN(C=O)N=NNC=O. The van der Waals surface area contributed by atoms with Crippen molar-refractivity contribution in [2.45, 2.75) is 13.3 Å². The van der Waals surface area contributed by atoms with E-state index in [1.165, 1.54) is 0 Å². The van der Waals surface area contributed by atoms with E-state index in [4.69, 9.17) is 0 Å². The van der Waals surface area contributed by atoms with E-state index in [1.54, 1.807) is 0 Å². The van der Waals surface area contributed by atoms with Gasteiger partial charge in [0.05, 0.1) is 0 Å². The van der Waals surface area contributed by atoms with Crippen LogP contribution in [0, 0.1) is 0 Å². The van der Waals surface area contributed by atoms with Gasteiger partial charge in [-0.25, -0.2) is 10.4 Å². The fraction of sp³-hybridized carbons (Fsp3) is 0.600. The van der Waals surface area contributed by atoms with Crippen molar-refractivity contribution >= 4 is 12.8 Å².